The number of anilines is 1. The summed E-state index contributed by atoms with van der Waals surface area (Å²) in [5.74, 6) is -0.220. The molecule has 1 aromatic heterocycles. The smallest absolute Gasteiger partial charge is 0.257 e. The molecule has 0 radical (unpaired) electrons. The van der Waals surface area contributed by atoms with E-state index in [4.69, 9.17) is 16.6 Å². The van der Waals surface area contributed by atoms with Crippen LogP contribution in [0.15, 0.2) is 78.2 Å². The maximum absolute atomic E-state index is 12.5. The molecule has 1 heterocycles. The molecule has 3 aromatic carbocycles. The van der Waals surface area contributed by atoms with Gasteiger partial charge >= 0.3 is 0 Å². The van der Waals surface area contributed by atoms with E-state index >= 15 is 0 Å². The summed E-state index contributed by atoms with van der Waals surface area (Å²) >= 11 is 10.1. The lowest BCUT2D eigenvalue weighted by atomic mass is 10.1. The highest BCUT2D eigenvalue weighted by Crippen LogP contribution is 2.29. The van der Waals surface area contributed by atoms with E-state index in [9.17, 15) is 4.79 Å². The standard InChI is InChI=1S/C23H16ClIN2OS/c24-20-12-15(13-25)6-11-19(20)22(28)26-18-9-7-16(8-10-18)21-14-29-23(27-21)17-4-2-1-3-5-17/h1-12,14H,13H2,(H,26,28). The van der Waals surface area contributed by atoms with Crippen LogP contribution < -0.4 is 5.32 Å². The van der Waals surface area contributed by atoms with Crippen LogP contribution in [0.4, 0.5) is 5.69 Å². The Morgan fingerprint density at radius 2 is 1.76 bits per heavy atom. The maximum atomic E-state index is 12.5. The molecular weight excluding hydrogens is 515 g/mol. The molecule has 1 amide bonds. The summed E-state index contributed by atoms with van der Waals surface area (Å²) in [7, 11) is 0. The molecular formula is C23H16ClIN2OS. The summed E-state index contributed by atoms with van der Waals surface area (Å²) in [5, 5.41) is 6.40. The van der Waals surface area contributed by atoms with Gasteiger partial charge in [-0.1, -0.05) is 82.7 Å². The van der Waals surface area contributed by atoms with Crippen LogP contribution in [0.1, 0.15) is 15.9 Å². The van der Waals surface area contributed by atoms with Crippen molar-refractivity contribution in [1.82, 2.24) is 4.98 Å². The van der Waals surface area contributed by atoms with Crippen LogP contribution >= 0.6 is 45.5 Å². The number of halogens is 2. The molecule has 0 aliphatic rings. The van der Waals surface area contributed by atoms with E-state index in [0.29, 0.717) is 16.3 Å². The number of amides is 1. The summed E-state index contributed by atoms with van der Waals surface area (Å²) in [6.07, 6.45) is 0. The molecule has 0 unspecified atom stereocenters. The van der Waals surface area contributed by atoms with Crippen LogP contribution in [0.25, 0.3) is 21.8 Å². The lowest BCUT2D eigenvalue weighted by Crippen LogP contribution is -2.12. The quantitative estimate of drug-likeness (QED) is 0.217. The van der Waals surface area contributed by atoms with Crippen molar-refractivity contribution in [3.05, 3.63) is 94.3 Å². The maximum Gasteiger partial charge on any atom is 0.257 e. The zero-order chi connectivity index (χ0) is 20.2. The largest absolute Gasteiger partial charge is 0.322 e. The molecule has 0 saturated heterocycles. The summed E-state index contributed by atoms with van der Waals surface area (Å²) < 4.78 is 0.851. The zero-order valence-corrected chi connectivity index (χ0v) is 19.0. The molecule has 0 saturated carbocycles. The van der Waals surface area contributed by atoms with Crippen LogP contribution in [-0.2, 0) is 4.43 Å². The molecule has 29 heavy (non-hydrogen) atoms. The lowest BCUT2D eigenvalue weighted by molar-refractivity contribution is 0.102. The monoisotopic (exact) mass is 530 g/mol. The highest BCUT2D eigenvalue weighted by atomic mass is 127. The van der Waals surface area contributed by atoms with Crippen LogP contribution in [0.3, 0.4) is 0 Å². The Kier molecular flexibility index (Phi) is 6.28. The molecule has 4 aromatic rings. The Morgan fingerprint density at radius 1 is 1.00 bits per heavy atom. The van der Waals surface area contributed by atoms with Crippen molar-refractivity contribution >= 4 is 57.1 Å². The Morgan fingerprint density at radius 3 is 2.45 bits per heavy atom. The van der Waals surface area contributed by atoms with E-state index in [1.54, 1.807) is 17.4 Å². The molecule has 0 fully saturated rings. The van der Waals surface area contributed by atoms with Crippen LogP contribution in [0.2, 0.25) is 5.02 Å². The topological polar surface area (TPSA) is 42.0 Å². The predicted molar refractivity (Wildman–Crippen MR) is 130 cm³/mol. The van der Waals surface area contributed by atoms with Crippen LogP contribution in [-0.4, -0.2) is 10.9 Å². The van der Waals surface area contributed by atoms with Crippen LogP contribution in [0.5, 0.6) is 0 Å². The average molecular weight is 531 g/mol. The third-order valence-electron chi connectivity index (χ3n) is 4.40. The van der Waals surface area contributed by atoms with E-state index in [2.05, 4.69) is 40.0 Å². The highest BCUT2D eigenvalue weighted by molar-refractivity contribution is 14.1. The van der Waals surface area contributed by atoms with Gasteiger partial charge < -0.3 is 5.32 Å². The number of aromatic nitrogens is 1. The first-order valence-electron chi connectivity index (χ1n) is 8.91. The van der Waals surface area contributed by atoms with Crippen molar-refractivity contribution < 1.29 is 4.79 Å². The number of benzene rings is 3. The van der Waals surface area contributed by atoms with Gasteiger partial charge in [0.2, 0.25) is 0 Å². The molecule has 0 aliphatic heterocycles. The molecule has 0 aliphatic carbocycles. The number of nitrogens with one attached hydrogen (secondary N) is 1. The fourth-order valence-electron chi connectivity index (χ4n) is 2.87. The van der Waals surface area contributed by atoms with E-state index in [1.165, 1.54) is 0 Å². The third-order valence-corrected chi connectivity index (χ3v) is 6.48. The van der Waals surface area contributed by atoms with Gasteiger partial charge in [-0.3, -0.25) is 4.79 Å². The molecule has 4 rings (SSSR count). The number of nitrogens with zero attached hydrogens (tertiary/aromatic N) is 1. The van der Waals surface area contributed by atoms with Crippen molar-refractivity contribution in [3.8, 4) is 21.8 Å². The first kappa shape index (κ1) is 20.1. The van der Waals surface area contributed by atoms with Crippen molar-refractivity contribution in [1.29, 1.82) is 0 Å². The second-order valence-corrected chi connectivity index (χ2v) is 8.41. The van der Waals surface area contributed by atoms with Crippen molar-refractivity contribution in [3.63, 3.8) is 0 Å². The number of rotatable bonds is 5. The molecule has 1 N–H and O–H groups in total. The Bertz CT molecular complexity index is 1140. The zero-order valence-electron chi connectivity index (χ0n) is 15.2. The van der Waals surface area contributed by atoms with Gasteiger partial charge in [-0.15, -0.1) is 11.3 Å². The second kappa shape index (κ2) is 9.07. The molecule has 0 bridgehead atoms. The van der Waals surface area contributed by atoms with Gasteiger partial charge in [0.15, 0.2) is 0 Å². The van der Waals surface area contributed by atoms with Crippen molar-refractivity contribution in [2.75, 3.05) is 5.32 Å². The van der Waals surface area contributed by atoms with Gasteiger partial charge in [-0.2, -0.15) is 0 Å². The first-order chi connectivity index (χ1) is 14.1. The minimum absolute atomic E-state index is 0.220. The Balaban J connectivity index is 1.48. The fourth-order valence-corrected chi connectivity index (χ4v) is 4.47. The average Bonchev–Trinajstić information content (AvgIpc) is 3.25. The first-order valence-corrected chi connectivity index (χ1v) is 11.7. The minimum atomic E-state index is -0.220. The van der Waals surface area contributed by atoms with Crippen molar-refractivity contribution in [2.45, 2.75) is 4.43 Å². The summed E-state index contributed by atoms with van der Waals surface area (Å²) in [4.78, 5) is 17.3. The van der Waals surface area contributed by atoms with Crippen molar-refractivity contribution in [2.24, 2.45) is 0 Å². The van der Waals surface area contributed by atoms with Gasteiger partial charge in [-0.05, 0) is 29.8 Å². The second-order valence-electron chi connectivity index (χ2n) is 6.38. The minimum Gasteiger partial charge on any atom is -0.322 e. The highest BCUT2D eigenvalue weighted by Gasteiger charge is 2.12. The molecule has 0 spiro atoms. The number of carbonyl (C=O) groups excluding carboxylic acids is 1. The Hall–Kier alpha value is -2.22. The third kappa shape index (κ3) is 4.69. The Labute approximate surface area is 191 Å². The number of hydrogen-bond donors (Lipinski definition) is 1. The SMILES string of the molecule is O=C(Nc1ccc(-c2csc(-c3ccccc3)n2)cc1)c1ccc(CI)cc1Cl. The summed E-state index contributed by atoms with van der Waals surface area (Å²) in [6.45, 7) is 0. The number of alkyl halides is 1. The van der Waals surface area contributed by atoms with Gasteiger partial charge in [0, 0.05) is 26.6 Å². The predicted octanol–water partition coefficient (Wildman–Crippen LogP) is 7.32. The number of hydrogen-bond acceptors (Lipinski definition) is 3. The van der Waals surface area contributed by atoms with E-state index < -0.39 is 0 Å². The van der Waals surface area contributed by atoms with E-state index in [0.717, 1.165) is 31.8 Å². The van der Waals surface area contributed by atoms with Gasteiger partial charge in [0.1, 0.15) is 5.01 Å². The fraction of sp³-hybridized carbons (Fsp3) is 0.0435. The molecule has 6 heteroatoms. The molecule has 0 atom stereocenters. The molecule has 3 nitrogen and oxygen atoms in total. The van der Waals surface area contributed by atoms with Gasteiger partial charge in [-0.25, -0.2) is 4.98 Å². The van der Waals surface area contributed by atoms with E-state index in [1.807, 2.05) is 60.0 Å². The summed E-state index contributed by atoms with van der Waals surface area (Å²) in [6, 6.07) is 23.3. The van der Waals surface area contributed by atoms with E-state index in [-0.39, 0.29) is 5.91 Å². The lowest BCUT2D eigenvalue weighted by Gasteiger charge is -2.08. The van der Waals surface area contributed by atoms with Gasteiger partial charge in [0.05, 0.1) is 16.3 Å². The van der Waals surface area contributed by atoms with Crippen LogP contribution in [0, 0.1) is 0 Å². The summed E-state index contributed by atoms with van der Waals surface area (Å²) in [5.41, 5.74) is 5.31. The normalized spacial score (nSPS) is 10.7. The molecule has 144 valence electrons. The van der Waals surface area contributed by atoms with Gasteiger partial charge in [0.25, 0.3) is 5.91 Å². The number of thiazole rings is 1. The number of carbonyl (C=O) groups is 1.